The molecule has 7 nitrogen and oxygen atoms in total. The Kier molecular flexibility index (Phi) is 5.97. The van der Waals surface area contributed by atoms with Crippen molar-refractivity contribution in [2.24, 2.45) is 0 Å². The molecule has 2 aromatic heterocycles. The van der Waals surface area contributed by atoms with Crippen molar-refractivity contribution in [3.05, 3.63) is 52.8 Å². The lowest BCUT2D eigenvalue weighted by atomic mass is 10.0. The lowest BCUT2D eigenvalue weighted by Gasteiger charge is -2.18. The van der Waals surface area contributed by atoms with Crippen LogP contribution in [0.5, 0.6) is 11.5 Å². The largest absolute Gasteiger partial charge is 0.451 e. The second kappa shape index (κ2) is 8.44. The fourth-order valence-electron chi connectivity index (χ4n) is 2.79. The first-order valence-electron chi connectivity index (χ1n) is 8.69. The van der Waals surface area contributed by atoms with Gasteiger partial charge in [0.1, 0.15) is 22.5 Å². The van der Waals surface area contributed by atoms with Crippen LogP contribution in [0, 0.1) is 11.6 Å². The number of aromatic nitrogens is 3. The van der Waals surface area contributed by atoms with Crippen LogP contribution in [-0.2, 0) is 0 Å². The number of rotatable bonds is 6. The topological polar surface area (TPSA) is 98.0 Å². The summed E-state index contributed by atoms with van der Waals surface area (Å²) in [4.78, 5) is 11.9. The highest BCUT2D eigenvalue weighted by atomic mass is 35.5. The first kappa shape index (κ1) is 20.5. The van der Waals surface area contributed by atoms with Gasteiger partial charge in [0.15, 0.2) is 17.4 Å². The van der Waals surface area contributed by atoms with Gasteiger partial charge in [-0.05, 0) is 12.0 Å². The van der Waals surface area contributed by atoms with Crippen LogP contribution in [0.25, 0.3) is 0 Å². The quantitative estimate of drug-likeness (QED) is 0.478. The second-order valence-corrected chi connectivity index (χ2v) is 6.79. The molecule has 0 atom stereocenters. The zero-order valence-corrected chi connectivity index (χ0v) is 16.7. The number of ether oxygens (including phenoxy) is 1. The maximum absolute atomic E-state index is 14.7. The highest BCUT2D eigenvalue weighted by Crippen LogP contribution is 2.37. The van der Waals surface area contributed by atoms with Gasteiger partial charge in [-0.3, -0.25) is 0 Å². The third kappa shape index (κ3) is 4.62. The number of pyridine rings is 1. The van der Waals surface area contributed by atoms with Gasteiger partial charge < -0.3 is 21.1 Å². The molecule has 0 spiro atoms. The maximum atomic E-state index is 14.7. The van der Waals surface area contributed by atoms with E-state index in [1.165, 1.54) is 12.3 Å². The summed E-state index contributed by atoms with van der Waals surface area (Å²) >= 11 is 5.81. The Hall–Kier alpha value is -3.20. The third-order valence-electron chi connectivity index (χ3n) is 3.96. The van der Waals surface area contributed by atoms with Gasteiger partial charge in [-0.1, -0.05) is 25.4 Å². The van der Waals surface area contributed by atoms with Crippen molar-refractivity contribution < 1.29 is 13.5 Å². The Morgan fingerprint density at radius 3 is 2.41 bits per heavy atom. The predicted molar refractivity (Wildman–Crippen MR) is 109 cm³/mol. The first-order chi connectivity index (χ1) is 13.8. The van der Waals surface area contributed by atoms with Crippen molar-refractivity contribution in [2.45, 2.75) is 19.8 Å². The summed E-state index contributed by atoms with van der Waals surface area (Å²) in [6.07, 6.45) is 1.50. The second-order valence-electron chi connectivity index (χ2n) is 6.41. The zero-order valence-electron chi connectivity index (χ0n) is 15.9. The number of anilines is 4. The maximum Gasteiger partial charge on any atom is 0.223 e. The van der Waals surface area contributed by atoms with E-state index >= 15 is 0 Å². The van der Waals surface area contributed by atoms with Gasteiger partial charge in [0, 0.05) is 42.7 Å². The van der Waals surface area contributed by atoms with Crippen LogP contribution in [0.3, 0.4) is 0 Å². The van der Waals surface area contributed by atoms with Crippen LogP contribution in [-0.4, -0.2) is 22.0 Å². The Morgan fingerprint density at radius 2 is 1.83 bits per heavy atom. The highest BCUT2D eigenvalue weighted by Gasteiger charge is 2.19. The molecule has 1 aromatic carbocycles. The van der Waals surface area contributed by atoms with E-state index < -0.39 is 17.4 Å². The smallest absolute Gasteiger partial charge is 0.223 e. The molecule has 29 heavy (non-hydrogen) atoms. The lowest BCUT2D eigenvalue weighted by molar-refractivity contribution is 0.402. The van der Waals surface area contributed by atoms with Crippen molar-refractivity contribution >= 4 is 34.9 Å². The summed E-state index contributed by atoms with van der Waals surface area (Å²) in [5.41, 5.74) is 6.34. The molecule has 0 aliphatic heterocycles. The minimum atomic E-state index is -0.891. The van der Waals surface area contributed by atoms with E-state index in [1.54, 1.807) is 13.1 Å². The van der Waals surface area contributed by atoms with Gasteiger partial charge in [-0.2, -0.15) is 4.98 Å². The van der Waals surface area contributed by atoms with E-state index in [4.69, 9.17) is 22.1 Å². The molecule has 152 valence electrons. The van der Waals surface area contributed by atoms with Crippen molar-refractivity contribution in [2.75, 3.05) is 23.4 Å². The Labute approximate surface area is 171 Å². The number of hydrogen-bond acceptors (Lipinski definition) is 7. The van der Waals surface area contributed by atoms with E-state index in [-0.39, 0.29) is 28.5 Å². The van der Waals surface area contributed by atoms with Gasteiger partial charge in [-0.25, -0.2) is 18.7 Å². The average molecular weight is 421 g/mol. The third-order valence-corrected chi connectivity index (χ3v) is 4.15. The van der Waals surface area contributed by atoms with Gasteiger partial charge in [0.05, 0.1) is 0 Å². The molecule has 0 amide bonds. The lowest BCUT2D eigenvalue weighted by Crippen LogP contribution is -2.04. The van der Waals surface area contributed by atoms with Gasteiger partial charge in [0.25, 0.3) is 0 Å². The van der Waals surface area contributed by atoms with E-state index in [9.17, 15) is 8.78 Å². The number of halogens is 3. The van der Waals surface area contributed by atoms with Crippen LogP contribution in [0.15, 0.2) is 30.5 Å². The summed E-state index contributed by atoms with van der Waals surface area (Å²) in [6, 6.07) is 5.11. The van der Waals surface area contributed by atoms with Gasteiger partial charge in [0.2, 0.25) is 5.95 Å². The van der Waals surface area contributed by atoms with Crippen molar-refractivity contribution in [3.8, 4) is 11.5 Å². The molecular weight excluding hydrogens is 402 g/mol. The summed E-state index contributed by atoms with van der Waals surface area (Å²) in [5.74, 6) is -1.27. The van der Waals surface area contributed by atoms with E-state index in [2.05, 4.69) is 25.6 Å². The number of benzene rings is 1. The van der Waals surface area contributed by atoms with E-state index in [1.807, 2.05) is 13.8 Å². The molecule has 0 radical (unpaired) electrons. The Morgan fingerprint density at radius 1 is 1.14 bits per heavy atom. The number of nitrogen functional groups attached to an aromatic ring is 1. The molecule has 0 saturated heterocycles. The van der Waals surface area contributed by atoms with Crippen molar-refractivity contribution in [1.82, 2.24) is 15.0 Å². The van der Waals surface area contributed by atoms with Crippen LogP contribution in [0.2, 0.25) is 5.15 Å². The van der Waals surface area contributed by atoms with Crippen LogP contribution < -0.4 is 21.1 Å². The molecule has 0 unspecified atom stereocenters. The number of nitrogens with one attached hydrogen (secondary N) is 2. The molecule has 0 fully saturated rings. The zero-order chi connectivity index (χ0) is 21.1. The van der Waals surface area contributed by atoms with Gasteiger partial charge in [-0.15, -0.1) is 0 Å². The van der Waals surface area contributed by atoms with Gasteiger partial charge >= 0.3 is 0 Å². The highest BCUT2D eigenvalue weighted by molar-refractivity contribution is 6.29. The summed E-state index contributed by atoms with van der Waals surface area (Å²) in [5, 5.41) is 5.79. The van der Waals surface area contributed by atoms with Crippen molar-refractivity contribution in [1.29, 1.82) is 0 Å². The molecule has 3 aromatic rings. The number of nitrogens with zero attached hydrogens (tertiary/aromatic N) is 3. The Balaban J connectivity index is 1.93. The fourth-order valence-corrected chi connectivity index (χ4v) is 2.98. The molecular formula is C19H19ClF2N6O. The van der Waals surface area contributed by atoms with Crippen LogP contribution in [0.4, 0.5) is 32.1 Å². The van der Waals surface area contributed by atoms with E-state index in [0.29, 0.717) is 17.1 Å². The molecule has 10 heteroatoms. The molecule has 2 heterocycles. The van der Waals surface area contributed by atoms with Crippen molar-refractivity contribution in [3.63, 3.8) is 0 Å². The molecule has 0 bridgehead atoms. The standard InChI is InChI=1S/C19H19ClF2N6O/c1-9(2)16-13(4-5-25-18(16)24-3)29-17-11(21)6-10(7-12(17)22)26-15-8-14(20)27-19(23)28-15/h4-9H,1-3H3,(H,24,25)(H3,23,26,27,28). The summed E-state index contributed by atoms with van der Waals surface area (Å²) in [7, 11) is 1.71. The van der Waals surface area contributed by atoms with E-state index in [0.717, 1.165) is 12.1 Å². The fraction of sp³-hybridized carbons (Fsp3) is 0.211. The molecule has 3 rings (SSSR count). The number of hydrogen-bond donors (Lipinski definition) is 3. The van der Waals surface area contributed by atoms with Crippen LogP contribution >= 0.6 is 11.6 Å². The number of nitrogens with two attached hydrogens (primary N) is 1. The summed E-state index contributed by atoms with van der Waals surface area (Å²) in [6.45, 7) is 3.87. The summed E-state index contributed by atoms with van der Waals surface area (Å²) < 4.78 is 34.9. The molecule has 0 saturated carbocycles. The molecule has 0 aliphatic rings. The molecule has 4 N–H and O–H groups in total. The average Bonchev–Trinajstić information content (AvgIpc) is 2.63. The SMILES string of the molecule is CNc1nccc(Oc2c(F)cc(Nc3cc(Cl)nc(N)n3)cc2F)c1C(C)C. The normalized spacial score (nSPS) is 10.9. The monoisotopic (exact) mass is 420 g/mol. The first-order valence-corrected chi connectivity index (χ1v) is 9.07. The molecule has 0 aliphatic carbocycles. The minimum Gasteiger partial charge on any atom is -0.451 e. The predicted octanol–water partition coefficient (Wildman–Crippen LogP) is 5.09. The minimum absolute atomic E-state index is 0.0150. The van der Waals surface area contributed by atoms with Crippen LogP contribution in [0.1, 0.15) is 25.3 Å². The Bertz CT molecular complexity index is 1000.